The van der Waals surface area contributed by atoms with Crippen LogP contribution < -0.4 is 0 Å². The molecular formula is C15H25NO3. The number of amides is 1. The second-order valence-electron chi connectivity index (χ2n) is 7.23. The van der Waals surface area contributed by atoms with Gasteiger partial charge in [0.2, 0.25) is 5.91 Å². The standard InChI is InChI=1S/C15H25NO3/c1-14(2,3)11-6-4-9-16(11)12(17)10-15(13(18)19)7-5-8-15/h11H,4-10H2,1-3H3,(H,18,19). The lowest BCUT2D eigenvalue weighted by Gasteiger charge is -2.40. The molecule has 1 aliphatic carbocycles. The molecule has 1 amide bonds. The molecule has 0 aromatic carbocycles. The quantitative estimate of drug-likeness (QED) is 0.855. The van der Waals surface area contributed by atoms with Crippen LogP contribution >= 0.6 is 0 Å². The van der Waals surface area contributed by atoms with Crippen LogP contribution in [0.25, 0.3) is 0 Å². The second-order valence-corrected chi connectivity index (χ2v) is 7.23. The number of carbonyl (C=O) groups is 2. The fourth-order valence-corrected chi connectivity index (χ4v) is 3.43. The molecule has 108 valence electrons. The van der Waals surface area contributed by atoms with Crippen LogP contribution in [0.1, 0.15) is 59.3 Å². The van der Waals surface area contributed by atoms with Crippen LogP contribution in [0.2, 0.25) is 0 Å². The van der Waals surface area contributed by atoms with Crippen molar-refractivity contribution in [3.63, 3.8) is 0 Å². The van der Waals surface area contributed by atoms with Crippen molar-refractivity contribution in [2.45, 2.75) is 65.3 Å². The van der Waals surface area contributed by atoms with Crippen LogP contribution in [0.4, 0.5) is 0 Å². The van der Waals surface area contributed by atoms with E-state index in [1.807, 2.05) is 4.90 Å². The molecule has 19 heavy (non-hydrogen) atoms. The molecule has 2 fully saturated rings. The SMILES string of the molecule is CC(C)(C)C1CCCN1C(=O)CC1(C(=O)O)CCC1. The van der Waals surface area contributed by atoms with Gasteiger partial charge in [-0.05, 0) is 31.1 Å². The molecule has 4 nitrogen and oxygen atoms in total. The number of carboxylic acid groups (broad SMARTS) is 1. The minimum absolute atomic E-state index is 0.0412. The van der Waals surface area contributed by atoms with E-state index in [1.165, 1.54) is 0 Å². The monoisotopic (exact) mass is 267 g/mol. The lowest BCUT2D eigenvalue weighted by atomic mass is 9.66. The summed E-state index contributed by atoms with van der Waals surface area (Å²) in [6.07, 6.45) is 4.50. The number of rotatable bonds is 3. The van der Waals surface area contributed by atoms with Crippen LogP contribution in [0.5, 0.6) is 0 Å². The van der Waals surface area contributed by atoms with Crippen molar-refractivity contribution in [1.29, 1.82) is 0 Å². The molecular weight excluding hydrogens is 242 g/mol. The van der Waals surface area contributed by atoms with Crippen molar-refractivity contribution in [2.75, 3.05) is 6.54 Å². The minimum atomic E-state index is -0.793. The third-order valence-corrected chi connectivity index (χ3v) is 4.83. The van der Waals surface area contributed by atoms with Crippen molar-refractivity contribution in [1.82, 2.24) is 4.90 Å². The molecule has 4 heteroatoms. The summed E-state index contributed by atoms with van der Waals surface area (Å²) in [5, 5.41) is 9.33. The highest BCUT2D eigenvalue weighted by Crippen LogP contribution is 2.45. The smallest absolute Gasteiger partial charge is 0.310 e. The van der Waals surface area contributed by atoms with Crippen LogP contribution in [0, 0.1) is 10.8 Å². The number of carbonyl (C=O) groups excluding carboxylic acids is 1. The van der Waals surface area contributed by atoms with Crippen molar-refractivity contribution >= 4 is 11.9 Å². The summed E-state index contributed by atoms with van der Waals surface area (Å²) >= 11 is 0. The topological polar surface area (TPSA) is 57.6 Å². The van der Waals surface area contributed by atoms with Crippen LogP contribution in [0.3, 0.4) is 0 Å². The van der Waals surface area contributed by atoms with Gasteiger partial charge in [0, 0.05) is 19.0 Å². The molecule has 1 aliphatic heterocycles. The van der Waals surface area contributed by atoms with E-state index in [9.17, 15) is 14.7 Å². The van der Waals surface area contributed by atoms with E-state index in [1.54, 1.807) is 0 Å². The van der Waals surface area contributed by atoms with E-state index in [2.05, 4.69) is 20.8 Å². The molecule has 1 heterocycles. The van der Waals surface area contributed by atoms with Crippen molar-refractivity contribution in [3.8, 4) is 0 Å². The van der Waals surface area contributed by atoms with Gasteiger partial charge in [-0.15, -0.1) is 0 Å². The number of hydrogen-bond acceptors (Lipinski definition) is 2. The van der Waals surface area contributed by atoms with Gasteiger partial charge >= 0.3 is 5.97 Å². The van der Waals surface area contributed by atoms with Crippen molar-refractivity contribution in [3.05, 3.63) is 0 Å². The molecule has 1 saturated carbocycles. The lowest BCUT2D eigenvalue weighted by molar-refractivity contribution is -0.160. The maximum Gasteiger partial charge on any atom is 0.310 e. The summed E-state index contributed by atoms with van der Waals surface area (Å²) in [6, 6.07) is 0.255. The van der Waals surface area contributed by atoms with Gasteiger partial charge in [-0.1, -0.05) is 27.2 Å². The Hall–Kier alpha value is -1.06. The van der Waals surface area contributed by atoms with E-state index >= 15 is 0 Å². The van der Waals surface area contributed by atoms with Crippen LogP contribution in [-0.2, 0) is 9.59 Å². The zero-order valence-electron chi connectivity index (χ0n) is 12.2. The Morgan fingerprint density at radius 2 is 1.89 bits per heavy atom. The first-order valence-corrected chi connectivity index (χ1v) is 7.29. The zero-order valence-corrected chi connectivity index (χ0v) is 12.2. The lowest BCUT2D eigenvalue weighted by Crippen LogP contribution is -2.48. The Labute approximate surface area is 115 Å². The summed E-state index contributed by atoms with van der Waals surface area (Å²) in [6.45, 7) is 7.25. The molecule has 2 rings (SSSR count). The highest BCUT2D eigenvalue weighted by molar-refractivity contribution is 5.86. The Morgan fingerprint density at radius 3 is 2.32 bits per heavy atom. The first-order chi connectivity index (χ1) is 8.76. The number of nitrogens with zero attached hydrogens (tertiary/aromatic N) is 1. The molecule has 1 N–H and O–H groups in total. The Morgan fingerprint density at radius 1 is 1.26 bits per heavy atom. The summed E-state index contributed by atoms with van der Waals surface area (Å²) in [5.74, 6) is -0.752. The first-order valence-electron chi connectivity index (χ1n) is 7.29. The highest BCUT2D eigenvalue weighted by Gasteiger charge is 2.48. The maximum absolute atomic E-state index is 12.5. The maximum atomic E-state index is 12.5. The third kappa shape index (κ3) is 2.63. The highest BCUT2D eigenvalue weighted by atomic mass is 16.4. The summed E-state index contributed by atoms with van der Waals surface area (Å²) in [5.41, 5.74) is -0.690. The average Bonchev–Trinajstić information content (AvgIpc) is 2.70. The normalized spacial score (nSPS) is 26.1. The third-order valence-electron chi connectivity index (χ3n) is 4.83. The van der Waals surface area contributed by atoms with Gasteiger partial charge in [-0.2, -0.15) is 0 Å². The Bertz CT molecular complexity index is 379. The Balaban J connectivity index is 2.05. The fraction of sp³-hybridized carbons (Fsp3) is 0.867. The number of likely N-dealkylation sites (tertiary alicyclic amines) is 1. The molecule has 0 aromatic heterocycles. The predicted molar refractivity (Wildman–Crippen MR) is 72.7 cm³/mol. The van der Waals surface area contributed by atoms with E-state index in [4.69, 9.17) is 0 Å². The largest absolute Gasteiger partial charge is 0.481 e. The van der Waals surface area contributed by atoms with Gasteiger partial charge in [0.1, 0.15) is 0 Å². The van der Waals surface area contributed by atoms with Gasteiger partial charge in [0.05, 0.1) is 5.41 Å². The predicted octanol–water partition coefficient (Wildman–Crippen LogP) is 2.67. The molecule has 1 unspecified atom stereocenters. The van der Waals surface area contributed by atoms with Gasteiger partial charge in [-0.3, -0.25) is 9.59 Å². The molecule has 0 radical (unpaired) electrons. The number of hydrogen-bond donors (Lipinski definition) is 1. The number of carboxylic acids is 1. The molecule has 0 bridgehead atoms. The second kappa shape index (κ2) is 4.80. The summed E-state index contributed by atoms with van der Waals surface area (Å²) in [7, 11) is 0. The molecule has 1 saturated heterocycles. The summed E-state index contributed by atoms with van der Waals surface area (Å²) < 4.78 is 0. The van der Waals surface area contributed by atoms with Gasteiger partial charge < -0.3 is 10.0 Å². The van der Waals surface area contributed by atoms with E-state index in [0.717, 1.165) is 25.8 Å². The first kappa shape index (κ1) is 14.4. The average molecular weight is 267 g/mol. The molecule has 0 aromatic rings. The minimum Gasteiger partial charge on any atom is -0.481 e. The molecule has 0 spiro atoms. The van der Waals surface area contributed by atoms with E-state index in [0.29, 0.717) is 12.8 Å². The molecule has 1 atom stereocenters. The van der Waals surface area contributed by atoms with E-state index < -0.39 is 11.4 Å². The Kier molecular flexibility index (Phi) is 3.63. The number of aliphatic carboxylic acids is 1. The van der Waals surface area contributed by atoms with Gasteiger partial charge in [0.25, 0.3) is 0 Å². The van der Waals surface area contributed by atoms with E-state index in [-0.39, 0.29) is 23.8 Å². The van der Waals surface area contributed by atoms with Crippen LogP contribution in [-0.4, -0.2) is 34.5 Å². The summed E-state index contributed by atoms with van der Waals surface area (Å²) in [4.78, 5) is 25.8. The van der Waals surface area contributed by atoms with Gasteiger partial charge in [-0.25, -0.2) is 0 Å². The van der Waals surface area contributed by atoms with Crippen LogP contribution in [0.15, 0.2) is 0 Å². The van der Waals surface area contributed by atoms with Crippen molar-refractivity contribution < 1.29 is 14.7 Å². The zero-order chi connectivity index (χ0) is 14.3. The molecule has 2 aliphatic rings. The van der Waals surface area contributed by atoms with Gasteiger partial charge in [0.15, 0.2) is 0 Å². The van der Waals surface area contributed by atoms with Crippen molar-refractivity contribution in [2.24, 2.45) is 10.8 Å². The fourth-order valence-electron chi connectivity index (χ4n) is 3.43.